The van der Waals surface area contributed by atoms with Crippen molar-refractivity contribution in [3.8, 4) is 22.8 Å². The number of rotatable bonds is 9. The maximum absolute atomic E-state index is 13.0. The molecule has 1 aliphatic heterocycles. The molecule has 42 heavy (non-hydrogen) atoms. The van der Waals surface area contributed by atoms with E-state index in [2.05, 4.69) is 10.5 Å². The van der Waals surface area contributed by atoms with Crippen molar-refractivity contribution in [2.75, 3.05) is 19.6 Å². The molecule has 3 aromatic carbocycles. The summed E-state index contributed by atoms with van der Waals surface area (Å²) < 4.78 is 56.0. The van der Waals surface area contributed by atoms with Crippen molar-refractivity contribution in [1.82, 2.24) is 15.4 Å². The van der Waals surface area contributed by atoms with Crippen LogP contribution >= 0.6 is 0 Å². The van der Waals surface area contributed by atoms with Gasteiger partial charge in [-0.05, 0) is 35.9 Å². The van der Waals surface area contributed by atoms with Gasteiger partial charge in [0.25, 0.3) is 5.91 Å². The van der Waals surface area contributed by atoms with Crippen molar-refractivity contribution in [2.45, 2.75) is 31.7 Å². The first-order chi connectivity index (χ1) is 20.3. The van der Waals surface area contributed by atoms with Crippen LogP contribution in [0.25, 0.3) is 11.3 Å². The van der Waals surface area contributed by atoms with E-state index in [0.717, 1.165) is 17.7 Å². The van der Waals surface area contributed by atoms with Crippen LogP contribution in [0.1, 0.15) is 34.5 Å². The minimum Gasteiger partial charge on any atom is -0.490 e. The quantitative estimate of drug-likeness (QED) is 0.272. The number of para-hydroxylation sites is 1. The number of likely N-dealkylation sites (tertiary alicyclic amines) is 1. The molecule has 0 unspecified atom stereocenters. The van der Waals surface area contributed by atoms with Gasteiger partial charge >= 0.3 is 6.18 Å². The molecule has 0 saturated carbocycles. The molecule has 1 saturated heterocycles. The molecule has 1 aliphatic rings. The largest absolute Gasteiger partial charge is 0.490 e. The molecule has 1 N–H and O–H groups in total. The molecular weight excluding hydrogens is 551 g/mol. The second-order valence-electron chi connectivity index (χ2n) is 9.75. The fourth-order valence-corrected chi connectivity index (χ4v) is 4.56. The van der Waals surface area contributed by atoms with Crippen LogP contribution < -0.4 is 14.8 Å². The van der Waals surface area contributed by atoms with Crippen molar-refractivity contribution in [3.63, 3.8) is 0 Å². The van der Waals surface area contributed by atoms with Gasteiger partial charge < -0.3 is 24.2 Å². The van der Waals surface area contributed by atoms with E-state index in [1.165, 1.54) is 18.2 Å². The van der Waals surface area contributed by atoms with E-state index in [1.54, 1.807) is 17.0 Å². The lowest BCUT2D eigenvalue weighted by Gasteiger charge is -2.32. The van der Waals surface area contributed by atoms with E-state index in [1.807, 2.05) is 42.5 Å². The second kappa shape index (κ2) is 12.8. The molecule has 0 aliphatic carbocycles. The number of carbonyl (C=O) groups is 2. The summed E-state index contributed by atoms with van der Waals surface area (Å²) in [7, 11) is 0. The lowest BCUT2D eigenvalue weighted by atomic mass is 10.1. The molecule has 8 nitrogen and oxygen atoms in total. The number of nitrogens with zero attached hydrogens (tertiary/aromatic N) is 2. The van der Waals surface area contributed by atoms with Gasteiger partial charge in [-0.25, -0.2) is 0 Å². The number of piperidine rings is 1. The molecule has 0 atom stereocenters. The van der Waals surface area contributed by atoms with Gasteiger partial charge in [-0.2, -0.15) is 13.2 Å². The normalized spacial score (nSPS) is 13.9. The lowest BCUT2D eigenvalue weighted by Crippen LogP contribution is -2.46. The number of aromatic nitrogens is 1. The molecule has 1 aromatic heterocycles. The monoisotopic (exact) mass is 579 g/mol. The maximum Gasteiger partial charge on any atom is 0.416 e. The predicted molar refractivity (Wildman–Crippen MR) is 147 cm³/mol. The summed E-state index contributed by atoms with van der Waals surface area (Å²) in [6, 6.07) is 23.2. The molecule has 11 heteroatoms. The first-order valence-corrected chi connectivity index (χ1v) is 13.4. The molecule has 2 heterocycles. The van der Waals surface area contributed by atoms with Crippen molar-refractivity contribution >= 4 is 11.8 Å². The van der Waals surface area contributed by atoms with Crippen molar-refractivity contribution in [2.24, 2.45) is 0 Å². The topological polar surface area (TPSA) is 93.9 Å². The van der Waals surface area contributed by atoms with Gasteiger partial charge in [-0.3, -0.25) is 9.59 Å². The Morgan fingerprint density at radius 1 is 0.952 bits per heavy atom. The zero-order valence-electron chi connectivity index (χ0n) is 22.5. The number of carbonyl (C=O) groups excluding carboxylic acids is 2. The van der Waals surface area contributed by atoms with Crippen molar-refractivity contribution in [1.29, 1.82) is 0 Å². The van der Waals surface area contributed by atoms with Crippen LogP contribution in [0.4, 0.5) is 13.2 Å². The summed E-state index contributed by atoms with van der Waals surface area (Å²) >= 11 is 0. The van der Waals surface area contributed by atoms with Crippen LogP contribution in [-0.2, 0) is 17.6 Å². The Bertz CT molecular complexity index is 1520. The lowest BCUT2D eigenvalue weighted by molar-refractivity contribution is -0.138. The summed E-state index contributed by atoms with van der Waals surface area (Å²) in [6.45, 7) is 0.825. The van der Waals surface area contributed by atoms with Crippen LogP contribution in [0.2, 0.25) is 0 Å². The smallest absolute Gasteiger partial charge is 0.416 e. The van der Waals surface area contributed by atoms with Gasteiger partial charge in [0.05, 0.1) is 17.7 Å². The minimum absolute atomic E-state index is 0.0175. The molecule has 5 rings (SSSR count). The second-order valence-corrected chi connectivity index (χ2v) is 9.75. The van der Waals surface area contributed by atoms with Crippen molar-refractivity contribution < 1.29 is 36.8 Å². The number of halogens is 3. The molecule has 0 radical (unpaired) electrons. The van der Waals surface area contributed by atoms with Crippen LogP contribution in [0, 0.1) is 0 Å². The molecule has 218 valence electrons. The Hall–Kier alpha value is -4.80. The Balaban J connectivity index is 1.10. The summed E-state index contributed by atoms with van der Waals surface area (Å²) in [5.41, 5.74) is 0.875. The van der Waals surface area contributed by atoms with Crippen LogP contribution in [0.3, 0.4) is 0 Å². The zero-order valence-corrected chi connectivity index (χ0v) is 22.5. The zero-order chi connectivity index (χ0) is 29.5. The van der Waals surface area contributed by atoms with E-state index in [-0.39, 0.29) is 30.0 Å². The molecule has 0 bridgehead atoms. The number of ether oxygens (including phenoxy) is 2. The van der Waals surface area contributed by atoms with Crippen LogP contribution in [0.15, 0.2) is 89.5 Å². The fourth-order valence-electron chi connectivity index (χ4n) is 4.56. The number of alkyl halides is 3. The van der Waals surface area contributed by atoms with E-state index < -0.39 is 17.6 Å². The van der Waals surface area contributed by atoms with Gasteiger partial charge in [-0.1, -0.05) is 53.7 Å². The number of hydrogen-bond donors (Lipinski definition) is 1. The van der Waals surface area contributed by atoms with Crippen LogP contribution in [-0.4, -0.2) is 47.6 Å². The highest BCUT2D eigenvalue weighted by molar-refractivity contribution is 5.95. The third kappa shape index (κ3) is 7.28. The number of benzene rings is 3. The average Bonchev–Trinajstić information content (AvgIpc) is 3.50. The summed E-state index contributed by atoms with van der Waals surface area (Å²) in [5, 5.41) is 6.43. The Labute approximate surface area is 240 Å². The molecule has 1 fully saturated rings. The first kappa shape index (κ1) is 28.7. The van der Waals surface area contributed by atoms with Crippen LogP contribution in [0.5, 0.6) is 11.5 Å². The Morgan fingerprint density at radius 2 is 1.69 bits per heavy atom. The van der Waals surface area contributed by atoms with Gasteiger partial charge in [0.15, 0.2) is 11.5 Å². The minimum atomic E-state index is -4.45. The van der Waals surface area contributed by atoms with E-state index in [0.29, 0.717) is 49.6 Å². The van der Waals surface area contributed by atoms with E-state index in [9.17, 15) is 22.8 Å². The molecule has 0 spiro atoms. The van der Waals surface area contributed by atoms with Gasteiger partial charge in [0.1, 0.15) is 24.2 Å². The van der Waals surface area contributed by atoms with Gasteiger partial charge in [0, 0.05) is 32.0 Å². The van der Waals surface area contributed by atoms with E-state index in [4.69, 9.17) is 14.0 Å². The third-order valence-corrected chi connectivity index (χ3v) is 6.79. The fraction of sp³-hybridized carbons (Fsp3) is 0.258. The average molecular weight is 580 g/mol. The first-order valence-electron chi connectivity index (χ1n) is 13.4. The van der Waals surface area contributed by atoms with Gasteiger partial charge in [0.2, 0.25) is 5.91 Å². The highest BCUT2D eigenvalue weighted by atomic mass is 19.4. The summed E-state index contributed by atoms with van der Waals surface area (Å²) in [6.07, 6.45) is -3.86. The Kier molecular flexibility index (Phi) is 8.75. The number of hydrogen-bond acceptors (Lipinski definition) is 6. The maximum atomic E-state index is 13.0. The number of nitrogens with one attached hydrogen (secondary N) is 1. The predicted octanol–water partition coefficient (Wildman–Crippen LogP) is 5.74. The Morgan fingerprint density at radius 3 is 2.45 bits per heavy atom. The third-order valence-electron chi connectivity index (χ3n) is 6.79. The standard InChI is InChI=1S/C31H28F3N3O5/c32-31(33,34)22-9-6-10-24(17-22)41-23-13-15-37(16-14-23)29(38)19-35-30(39)26-18-28(42-36-26)25-11-4-5-12-27(25)40-20-21-7-2-1-3-8-21/h1-12,17-18,23H,13-16,19-20H2,(H,35,39). The highest BCUT2D eigenvalue weighted by Crippen LogP contribution is 2.33. The molecule has 2 amide bonds. The van der Waals surface area contributed by atoms with Crippen molar-refractivity contribution in [3.05, 3.63) is 102 Å². The summed E-state index contributed by atoms with van der Waals surface area (Å²) in [4.78, 5) is 27.0. The van der Waals surface area contributed by atoms with E-state index >= 15 is 0 Å². The summed E-state index contributed by atoms with van der Waals surface area (Å²) in [5.74, 6) is 0.199. The van der Waals surface area contributed by atoms with Gasteiger partial charge in [-0.15, -0.1) is 0 Å². The number of amides is 2. The SMILES string of the molecule is O=C(NCC(=O)N1CCC(Oc2cccc(C(F)(F)F)c2)CC1)c1cc(-c2ccccc2OCc2ccccc2)on1. The highest BCUT2D eigenvalue weighted by Gasteiger charge is 2.31. The molecule has 4 aromatic rings. The molecular formula is C31H28F3N3O5.